The van der Waals surface area contributed by atoms with E-state index in [1.54, 1.807) is 0 Å². The van der Waals surface area contributed by atoms with E-state index in [0.29, 0.717) is 5.92 Å². The highest BCUT2D eigenvalue weighted by atomic mass is 15.1. The number of anilines is 3. The van der Waals surface area contributed by atoms with Gasteiger partial charge in [-0.25, -0.2) is 0 Å². The van der Waals surface area contributed by atoms with Gasteiger partial charge < -0.3 is 9.47 Å². The molecule has 1 aromatic heterocycles. The zero-order valence-electron chi connectivity index (χ0n) is 51.4. The molecule has 0 fully saturated rings. The largest absolute Gasteiger partial charge is 0.310 e. The predicted molar refractivity (Wildman–Crippen MR) is 379 cm³/mol. The smallest absolute Gasteiger partial charge is 0.0725 e. The highest BCUT2D eigenvalue weighted by Gasteiger charge is 2.52. The van der Waals surface area contributed by atoms with Gasteiger partial charge >= 0.3 is 0 Å². The normalized spacial score (nSPS) is 14.9. The van der Waals surface area contributed by atoms with Gasteiger partial charge in [-0.1, -0.05) is 253 Å². The molecule has 3 aliphatic carbocycles. The van der Waals surface area contributed by atoms with E-state index in [1.807, 2.05) is 0 Å². The molecule has 0 saturated heterocycles. The second kappa shape index (κ2) is 21.1. The van der Waals surface area contributed by atoms with Gasteiger partial charge in [-0.2, -0.15) is 0 Å². The van der Waals surface area contributed by atoms with Gasteiger partial charge in [0.15, 0.2) is 0 Å². The fraction of sp³-hybridized carbons (Fsp3) is 0.114. The van der Waals surface area contributed by atoms with Crippen LogP contribution in [-0.4, -0.2) is 4.57 Å². The number of para-hydroxylation sites is 1. The van der Waals surface area contributed by atoms with Gasteiger partial charge in [-0.05, 0) is 214 Å². The summed E-state index contributed by atoms with van der Waals surface area (Å²) in [4.78, 5) is 2.42. The molecule has 2 atom stereocenters. The molecule has 17 rings (SSSR count). The maximum atomic E-state index is 2.52. The van der Waals surface area contributed by atoms with Crippen molar-refractivity contribution >= 4 is 38.9 Å². The monoisotopic (exact) mass is 1150 g/mol. The first-order chi connectivity index (χ1) is 44.3. The Morgan fingerprint density at radius 3 is 1.34 bits per heavy atom. The summed E-state index contributed by atoms with van der Waals surface area (Å²) in [7, 11) is 0. The molecule has 13 aromatic carbocycles. The second-order valence-corrected chi connectivity index (χ2v) is 25.7. The number of nitrogens with zero attached hydrogens (tertiary/aromatic N) is 2. The van der Waals surface area contributed by atoms with Crippen LogP contribution in [-0.2, 0) is 10.8 Å². The molecule has 0 amide bonds. The second-order valence-electron chi connectivity index (χ2n) is 25.7. The molecule has 90 heavy (non-hydrogen) atoms. The van der Waals surface area contributed by atoms with Crippen molar-refractivity contribution < 1.29 is 0 Å². The van der Waals surface area contributed by atoms with Crippen LogP contribution in [0, 0.1) is 0 Å². The Labute approximate surface area is 528 Å². The van der Waals surface area contributed by atoms with E-state index in [4.69, 9.17) is 0 Å². The number of aromatic nitrogens is 1. The van der Waals surface area contributed by atoms with E-state index in [1.165, 1.54) is 158 Å². The van der Waals surface area contributed by atoms with Crippen LogP contribution in [0.5, 0.6) is 0 Å². The Morgan fingerprint density at radius 1 is 0.322 bits per heavy atom. The van der Waals surface area contributed by atoms with E-state index in [-0.39, 0.29) is 5.41 Å². The molecule has 0 N–H and O–H groups in total. The number of hydrogen-bond donors (Lipinski definition) is 0. The van der Waals surface area contributed by atoms with Crippen molar-refractivity contribution in [3.63, 3.8) is 0 Å². The zero-order valence-corrected chi connectivity index (χ0v) is 51.4. The van der Waals surface area contributed by atoms with Gasteiger partial charge in [-0.15, -0.1) is 0 Å². The van der Waals surface area contributed by atoms with Crippen LogP contribution in [0.15, 0.2) is 297 Å². The average Bonchev–Trinajstić information content (AvgIpc) is 1.51. The molecule has 430 valence electrons. The average molecular weight is 1150 g/mol. The van der Waals surface area contributed by atoms with Crippen molar-refractivity contribution in [3.8, 4) is 83.6 Å². The number of fused-ring (bicyclic) bond motifs is 16. The van der Waals surface area contributed by atoms with Gasteiger partial charge in [-0.3, -0.25) is 0 Å². The predicted octanol–water partition coefficient (Wildman–Crippen LogP) is 23.9. The first-order valence-corrected chi connectivity index (χ1v) is 32.3. The van der Waals surface area contributed by atoms with Crippen LogP contribution in [0.4, 0.5) is 17.1 Å². The van der Waals surface area contributed by atoms with E-state index in [0.717, 1.165) is 22.7 Å². The summed E-state index contributed by atoms with van der Waals surface area (Å²) in [5, 5.41) is 2.47. The highest BCUT2D eigenvalue weighted by Crippen LogP contribution is 2.64. The van der Waals surface area contributed by atoms with Crippen molar-refractivity contribution in [2.24, 2.45) is 0 Å². The summed E-state index contributed by atoms with van der Waals surface area (Å²) < 4.78 is 2.44. The Morgan fingerprint density at radius 2 is 0.744 bits per heavy atom. The van der Waals surface area contributed by atoms with Crippen LogP contribution in [0.1, 0.15) is 91.8 Å². The Balaban J connectivity index is 0.712. The Bertz CT molecular complexity index is 5110. The minimum Gasteiger partial charge on any atom is -0.310 e. The van der Waals surface area contributed by atoms with Crippen LogP contribution in [0.25, 0.3) is 105 Å². The fourth-order valence-corrected chi connectivity index (χ4v) is 16.1. The lowest BCUT2D eigenvalue weighted by molar-refractivity contribution is 0.596. The molecule has 0 radical (unpaired) electrons. The van der Waals surface area contributed by atoms with E-state index >= 15 is 0 Å². The van der Waals surface area contributed by atoms with Crippen molar-refractivity contribution in [2.45, 2.75) is 63.7 Å². The number of rotatable bonds is 12. The van der Waals surface area contributed by atoms with Crippen LogP contribution in [0.3, 0.4) is 0 Å². The van der Waals surface area contributed by atoms with E-state index < -0.39 is 5.41 Å². The molecule has 0 saturated carbocycles. The molecule has 2 heteroatoms. The SMILES string of the molecule is CCCC(CC)c1ccc(-c2ccc3c(c2)C2(c4ccccc4-3)c3ccccc3-c3ccc(-c4ccc(-n5c6ccccc6c6cc(-c7ccc(N(c8ccc(-c9ccccc9)cc8)c8ccc9c(c8)C(C)(C)c8ccccc8-9)cc7)ccc65)cc4)cc32)cc1. The maximum absolute atomic E-state index is 2.52. The third-order valence-corrected chi connectivity index (χ3v) is 20.6. The number of hydrogen-bond acceptors (Lipinski definition) is 1. The topological polar surface area (TPSA) is 8.17 Å². The minimum atomic E-state index is -0.466. The summed E-state index contributed by atoms with van der Waals surface area (Å²) in [5.74, 6) is 0.600. The standard InChI is InChI=1S/C88H68N2/c1-5-18-57(6-2)59-29-31-61(32-30-59)65-39-49-75-72-22-11-15-26-80(72)88(83(75)54-65)81-27-16-12-23-73(81)76-50-40-66(55-84(76)88)63-37-46-69(47-38-63)90-85-28-17-13-24-77(85)78-53-64(41-52-86(78)90)62-35-44-68(45-36-62)89(67-42-33-60(34-43-67)58-19-8-7-9-20-58)70-48-51-74-71-21-10-14-25-79(71)87(3,4)82(74)56-70/h7-17,19-57H,5-6,18H2,1-4H3. The minimum absolute atomic E-state index is 0.120. The fourth-order valence-electron chi connectivity index (χ4n) is 16.1. The van der Waals surface area contributed by atoms with Crippen LogP contribution < -0.4 is 4.90 Å². The molecule has 3 aliphatic rings. The molecule has 1 spiro atoms. The van der Waals surface area contributed by atoms with Gasteiger partial charge in [0.05, 0.1) is 16.4 Å². The molecule has 2 nitrogen and oxygen atoms in total. The van der Waals surface area contributed by atoms with Crippen molar-refractivity contribution in [1.29, 1.82) is 0 Å². The molecular formula is C88H68N2. The first kappa shape index (κ1) is 53.7. The summed E-state index contributed by atoms with van der Waals surface area (Å²) in [5.41, 5.74) is 33.5. The summed E-state index contributed by atoms with van der Waals surface area (Å²) in [6.45, 7) is 9.34. The zero-order chi connectivity index (χ0) is 60.2. The molecule has 0 aliphatic heterocycles. The highest BCUT2D eigenvalue weighted by molar-refractivity contribution is 6.10. The Hall–Kier alpha value is -10.5. The van der Waals surface area contributed by atoms with Crippen molar-refractivity contribution in [2.75, 3.05) is 4.90 Å². The Kier molecular flexibility index (Phi) is 12.6. The lowest BCUT2D eigenvalue weighted by Gasteiger charge is -2.31. The summed E-state index contributed by atoms with van der Waals surface area (Å²) in [6.07, 6.45) is 3.59. The molecule has 1 heterocycles. The lowest BCUT2D eigenvalue weighted by Crippen LogP contribution is -2.26. The maximum Gasteiger partial charge on any atom is 0.0725 e. The molecule has 0 bridgehead atoms. The van der Waals surface area contributed by atoms with Gasteiger partial charge in [0.2, 0.25) is 0 Å². The summed E-state index contributed by atoms with van der Waals surface area (Å²) in [6, 6.07) is 112. The third-order valence-electron chi connectivity index (χ3n) is 20.6. The third kappa shape index (κ3) is 8.24. The number of benzene rings is 13. The van der Waals surface area contributed by atoms with Crippen LogP contribution in [0.2, 0.25) is 0 Å². The van der Waals surface area contributed by atoms with Crippen molar-refractivity contribution in [1.82, 2.24) is 4.57 Å². The van der Waals surface area contributed by atoms with E-state index in [2.05, 4.69) is 334 Å². The van der Waals surface area contributed by atoms with Gasteiger partial charge in [0.1, 0.15) is 0 Å². The van der Waals surface area contributed by atoms with Crippen LogP contribution >= 0.6 is 0 Å². The van der Waals surface area contributed by atoms with Gasteiger partial charge in [0, 0.05) is 38.9 Å². The lowest BCUT2D eigenvalue weighted by atomic mass is 9.70. The van der Waals surface area contributed by atoms with E-state index in [9.17, 15) is 0 Å². The van der Waals surface area contributed by atoms with Gasteiger partial charge in [0.25, 0.3) is 0 Å². The molecule has 14 aromatic rings. The quantitative estimate of drug-likeness (QED) is 0.118. The van der Waals surface area contributed by atoms with Crippen molar-refractivity contribution in [3.05, 3.63) is 336 Å². The molecule has 2 unspecified atom stereocenters. The molecular weight excluding hydrogens is 1080 g/mol. The first-order valence-electron chi connectivity index (χ1n) is 32.3. The summed E-state index contributed by atoms with van der Waals surface area (Å²) >= 11 is 0.